The second-order valence-corrected chi connectivity index (χ2v) is 10.5. The summed E-state index contributed by atoms with van der Waals surface area (Å²) in [5, 5.41) is 0. The fraction of sp³-hybridized carbons (Fsp3) is 0.524. The van der Waals surface area contributed by atoms with Crippen LogP contribution >= 0.6 is 0 Å². The molecule has 1 unspecified atom stereocenters. The first-order valence-electron chi connectivity index (χ1n) is 9.85. The van der Waals surface area contributed by atoms with Crippen molar-refractivity contribution in [3.05, 3.63) is 42.2 Å². The Kier molecular flexibility index (Phi) is 6.14. The van der Waals surface area contributed by atoms with Crippen LogP contribution in [0.15, 0.2) is 41.6 Å². The van der Waals surface area contributed by atoms with Gasteiger partial charge in [-0.3, -0.25) is 0 Å². The van der Waals surface area contributed by atoms with E-state index in [1.165, 1.54) is 4.31 Å². The highest BCUT2D eigenvalue weighted by atomic mass is 32.2. The summed E-state index contributed by atoms with van der Waals surface area (Å²) in [6, 6.07) is 7.20. The van der Waals surface area contributed by atoms with Gasteiger partial charge in [-0.15, -0.1) is 0 Å². The van der Waals surface area contributed by atoms with Gasteiger partial charge in [-0.2, -0.15) is 4.31 Å². The van der Waals surface area contributed by atoms with E-state index in [1.807, 2.05) is 31.1 Å². The summed E-state index contributed by atoms with van der Waals surface area (Å²) in [5.74, 6) is 1.06. The average Bonchev–Trinajstić information content (AvgIpc) is 2.68. The van der Waals surface area contributed by atoms with Crippen LogP contribution in [0.25, 0.3) is 0 Å². The molecule has 0 N–H and O–H groups in total. The number of piperidine rings is 1. The molecule has 0 amide bonds. The summed E-state index contributed by atoms with van der Waals surface area (Å²) in [7, 11) is 0.173. The lowest BCUT2D eigenvalue weighted by atomic mass is 9.87. The number of hydrogen-bond acceptors (Lipinski definition) is 6. The second kappa shape index (κ2) is 8.28. The lowest BCUT2D eigenvalue weighted by Crippen LogP contribution is -2.44. The minimum Gasteiger partial charge on any atom is -0.470 e. The first-order valence-corrected chi connectivity index (χ1v) is 11.3. The Bertz CT molecular complexity index is 937. The molecule has 1 fully saturated rings. The van der Waals surface area contributed by atoms with Gasteiger partial charge in [0.05, 0.1) is 11.4 Å². The van der Waals surface area contributed by atoms with E-state index in [-0.39, 0.29) is 11.5 Å². The summed E-state index contributed by atoms with van der Waals surface area (Å²) < 4.78 is 33.9. The lowest BCUT2D eigenvalue weighted by Gasteiger charge is -2.32. The van der Waals surface area contributed by atoms with Crippen LogP contribution in [0, 0.1) is 0 Å². The first kappa shape index (κ1) is 21.5. The zero-order valence-electron chi connectivity index (χ0n) is 17.8. The molecule has 158 valence electrons. The summed E-state index contributed by atoms with van der Waals surface area (Å²) >= 11 is 0. The molecule has 2 aromatic rings. The van der Waals surface area contributed by atoms with Gasteiger partial charge in [0.1, 0.15) is 6.10 Å². The van der Waals surface area contributed by atoms with Crippen molar-refractivity contribution in [2.45, 2.75) is 50.0 Å². The molecule has 1 atom stereocenters. The molecule has 29 heavy (non-hydrogen) atoms. The number of anilines is 1. The average molecular weight is 419 g/mol. The number of benzene rings is 1. The van der Waals surface area contributed by atoms with Gasteiger partial charge < -0.3 is 9.64 Å². The Morgan fingerprint density at radius 2 is 1.76 bits per heavy atom. The number of hydrogen-bond donors (Lipinski definition) is 0. The van der Waals surface area contributed by atoms with Crippen LogP contribution in [0.2, 0.25) is 0 Å². The molecule has 0 aliphatic carbocycles. The quantitative estimate of drug-likeness (QED) is 0.743. The Hall–Kier alpha value is -2.19. The number of nitrogens with zero attached hydrogens (tertiary/aromatic N) is 4. The Balaban J connectivity index is 1.76. The number of aromatic nitrogens is 2. The third-order valence-electron chi connectivity index (χ3n) is 5.05. The van der Waals surface area contributed by atoms with Gasteiger partial charge in [-0.05, 0) is 36.0 Å². The predicted molar refractivity (Wildman–Crippen MR) is 114 cm³/mol. The molecule has 3 rings (SSSR count). The fourth-order valence-corrected chi connectivity index (χ4v) is 4.87. The number of rotatable bonds is 5. The van der Waals surface area contributed by atoms with Crippen molar-refractivity contribution in [1.29, 1.82) is 0 Å². The van der Waals surface area contributed by atoms with Gasteiger partial charge in [0.25, 0.3) is 5.88 Å². The SMILES string of the molecule is CN(C)c1nccnc1OC1CCCN(S(=O)(=O)c2ccc(C(C)(C)C)cc2)C1. The van der Waals surface area contributed by atoms with Crippen LogP contribution in [0.5, 0.6) is 5.88 Å². The summed E-state index contributed by atoms with van der Waals surface area (Å²) in [6.07, 6.45) is 4.44. The van der Waals surface area contributed by atoms with Crippen molar-refractivity contribution in [3.63, 3.8) is 0 Å². The lowest BCUT2D eigenvalue weighted by molar-refractivity contribution is 0.125. The molecule has 1 aromatic carbocycles. The largest absolute Gasteiger partial charge is 0.470 e. The predicted octanol–water partition coefficient (Wildman–Crippen LogP) is 3.07. The van der Waals surface area contributed by atoms with E-state index in [2.05, 4.69) is 30.7 Å². The van der Waals surface area contributed by atoms with Crippen molar-refractivity contribution in [1.82, 2.24) is 14.3 Å². The van der Waals surface area contributed by atoms with Crippen molar-refractivity contribution >= 4 is 15.8 Å². The highest BCUT2D eigenvalue weighted by molar-refractivity contribution is 7.89. The third kappa shape index (κ3) is 4.87. The summed E-state index contributed by atoms with van der Waals surface area (Å²) in [6.45, 7) is 7.11. The standard InChI is InChI=1S/C21H30N4O3S/c1-21(2,3)16-8-10-18(11-9-16)29(26,27)25-14-6-7-17(15-25)28-20-19(24(4)5)22-12-13-23-20/h8-13,17H,6-7,14-15H2,1-5H3. The summed E-state index contributed by atoms with van der Waals surface area (Å²) in [4.78, 5) is 10.7. The fourth-order valence-electron chi connectivity index (χ4n) is 3.36. The van der Waals surface area contributed by atoms with Crippen LogP contribution < -0.4 is 9.64 Å². The van der Waals surface area contributed by atoms with Gasteiger partial charge in [0.15, 0.2) is 5.82 Å². The maximum atomic E-state index is 13.2. The molecule has 1 saturated heterocycles. The van der Waals surface area contributed by atoms with Gasteiger partial charge in [-0.1, -0.05) is 32.9 Å². The normalized spacial score (nSPS) is 18.4. The molecule has 8 heteroatoms. The van der Waals surface area contributed by atoms with Crippen LogP contribution in [0.4, 0.5) is 5.82 Å². The van der Waals surface area contributed by atoms with Gasteiger partial charge >= 0.3 is 0 Å². The van der Waals surface area contributed by atoms with Crippen LogP contribution in [-0.4, -0.2) is 56.0 Å². The van der Waals surface area contributed by atoms with E-state index in [4.69, 9.17) is 4.74 Å². The Morgan fingerprint density at radius 1 is 1.10 bits per heavy atom. The molecule has 2 heterocycles. The van der Waals surface area contributed by atoms with Gasteiger partial charge in [-0.25, -0.2) is 18.4 Å². The Morgan fingerprint density at radius 3 is 2.38 bits per heavy atom. The molecular formula is C21H30N4O3S. The van der Waals surface area contributed by atoms with Crippen molar-refractivity contribution < 1.29 is 13.2 Å². The molecule has 1 aliphatic heterocycles. The third-order valence-corrected chi connectivity index (χ3v) is 6.93. The smallest absolute Gasteiger partial charge is 0.257 e. The maximum absolute atomic E-state index is 13.2. The van der Waals surface area contributed by atoms with E-state index >= 15 is 0 Å². The molecule has 0 radical (unpaired) electrons. The molecule has 7 nitrogen and oxygen atoms in total. The van der Waals surface area contributed by atoms with Gasteiger partial charge in [0, 0.05) is 33.0 Å². The first-order chi connectivity index (χ1) is 13.6. The molecule has 0 bridgehead atoms. The zero-order chi connectivity index (χ0) is 21.2. The number of sulfonamides is 1. The van der Waals surface area contributed by atoms with E-state index in [0.717, 1.165) is 18.4 Å². The maximum Gasteiger partial charge on any atom is 0.257 e. The topological polar surface area (TPSA) is 75.6 Å². The van der Waals surface area contributed by atoms with E-state index in [9.17, 15) is 8.42 Å². The van der Waals surface area contributed by atoms with Crippen LogP contribution in [0.3, 0.4) is 0 Å². The van der Waals surface area contributed by atoms with Crippen LogP contribution in [0.1, 0.15) is 39.2 Å². The van der Waals surface area contributed by atoms with E-state index in [1.54, 1.807) is 24.5 Å². The molecule has 1 aromatic heterocycles. The number of ether oxygens (including phenoxy) is 1. The zero-order valence-corrected chi connectivity index (χ0v) is 18.6. The minimum absolute atomic E-state index is 0.0206. The summed E-state index contributed by atoms with van der Waals surface area (Å²) in [5.41, 5.74) is 1.09. The molecule has 0 saturated carbocycles. The molecule has 1 aliphatic rings. The minimum atomic E-state index is -3.57. The second-order valence-electron chi connectivity index (χ2n) is 8.60. The van der Waals surface area contributed by atoms with Crippen molar-refractivity contribution in [2.75, 3.05) is 32.1 Å². The van der Waals surface area contributed by atoms with Crippen LogP contribution in [-0.2, 0) is 15.4 Å². The Labute approximate surface area is 173 Å². The van der Waals surface area contributed by atoms with Gasteiger partial charge in [0.2, 0.25) is 10.0 Å². The van der Waals surface area contributed by atoms with Crippen molar-refractivity contribution in [3.8, 4) is 5.88 Å². The molecular weight excluding hydrogens is 388 g/mol. The highest BCUT2D eigenvalue weighted by Gasteiger charge is 2.32. The van der Waals surface area contributed by atoms with Crippen molar-refractivity contribution in [2.24, 2.45) is 0 Å². The van der Waals surface area contributed by atoms with E-state index in [0.29, 0.717) is 29.7 Å². The highest BCUT2D eigenvalue weighted by Crippen LogP contribution is 2.28. The van der Waals surface area contributed by atoms with E-state index < -0.39 is 10.0 Å². The monoisotopic (exact) mass is 418 g/mol. The molecule has 0 spiro atoms.